The van der Waals surface area contributed by atoms with Crippen LogP contribution in [0.15, 0.2) is 23.1 Å². The Morgan fingerprint density at radius 1 is 1.62 bits per heavy atom. The highest BCUT2D eigenvalue weighted by Gasteiger charge is 2.13. The van der Waals surface area contributed by atoms with E-state index in [2.05, 4.69) is 25.9 Å². The molecule has 0 bridgehead atoms. The van der Waals surface area contributed by atoms with E-state index in [1.165, 1.54) is 0 Å². The molecule has 2 aromatic heterocycles. The van der Waals surface area contributed by atoms with Crippen LogP contribution in [0.5, 0.6) is 0 Å². The Balaban J connectivity index is 2.78. The van der Waals surface area contributed by atoms with Gasteiger partial charge in [0.25, 0.3) is 0 Å². The minimum absolute atomic E-state index is 0.0615. The fourth-order valence-electron chi connectivity index (χ4n) is 1.29. The molecule has 0 amide bonds. The third-order valence-corrected chi connectivity index (χ3v) is 2.41. The van der Waals surface area contributed by atoms with Crippen molar-refractivity contribution in [3.63, 3.8) is 0 Å². The van der Waals surface area contributed by atoms with Crippen molar-refractivity contribution >= 4 is 21.7 Å². The number of nitrogens with zero attached hydrogens (tertiary/aromatic N) is 3. The van der Waals surface area contributed by atoms with Gasteiger partial charge in [-0.25, -0.2) is 9.97 Å². The van der Waals surface area contributed by atoms with Gasteiger partial charge in [-0.2, -0.15) is 0 Å². The number of hydrogen-bond acceptors (Lipinski definition) is 3. The molecule has 0 saturated carbocycles. The summed E-state index contributed by atoms with van der Waals surface area (Å²) < 4.78 is 2.65. The molecule has 0 aliphatic heterocycles. The summed E-state index contributed by atoms with van der Waals surface area (Å²) in [6.45, 7) is 1.92. The zero-order chi connectivity index (χ0) is 9.42. The third-order valence-electron chi connectivity index (χ3n) is 1.83. The summed E-state index contributed by atoms with van der Waals surface area (Å²) in [5.41, 5.74) is 6.75. The molecule has 13 heavy (non-hydrogen) atoms. The standard InChI is InChI=1S/C8H9BrN4/c1-5(10)6-7(9)12-8-11-3-2-4-13(6)8/h2-5H,10H2,1H3. The summed E-state index contributed by atoms with van der Waals surface area (Å²) in [4.78, 5) is 8.33. The van der Waals surface area contributed by atoms with Crippen molar-refractivity contribution in [2.75, 3.05) is 0 Å². The van der Waals surface area contributed by atoms with Crippen molar-refractivity contribution in [3.05, 3.63) is 28.8 Å². The number of imidazole rings is 1. The molecule has 2 N–H and O–H groups in total. The highest BCUT2D eigenvalue weighted by molar-refractivity contribution is 9.10. The molecule has 0 aliphatic rings. The second-order valence-corrected chi connectivity index (χ2v) is 3.62. The lowest BCUT2D eigenvalue weighted by atomic mass is 10.3. The monoisotopic (exact) mass is 240 g/mol. The Morgan fingerprint density at radius 2 is 2.38 bits per heavy atom. The predicted octanol–water partition coefficient (Wildman–Crippen LogP) is 1.51. The summed E-state index contributed by atoms with van der Waals surface area (Å²) >= 11 is 3.36. The van der Waals surface area contributed by atoms with Crippen LogP contribution in [0.4, 0.5) is 0 Å². The van der Waals surface area contributed by atoms with Crippen LogP contribution in [-0.2, 0) is 0 Å². The van der Waals surface area contributed by atoms with Gasteiger partial charge >= 0.3 is 0 Å². The summed E-state index contributed by atoms with van der Waals surface area (Å²) in [7, 11) is 0. The SMILES string of the molecule is CC(N)c1c(Br)nc2ncccn12. The number of fused-ring (bicyclic) bond motifs is 1. The molecule has 2 aromatic rings. The minimum Gasteiger partial charge on any atom is -0.323 e. The summed E-state index contributed by atoms with van der Waals surface area (Å²) in [6, 6.07) is 1.79. The average Bonchev–Trinajstić information content (AvgIpc) is 2.39. The zero-order valence-corrected chi connectivity index (χ0v) is 8.69. The molecule has 1 unspecified atom stereocenters. The smallest absolute Gasteiger partial charge is 0.235 e. The highest BCUT2D eigenvalue weighted by Crippen LogP contribution is 2.21. The van der Waals surface area contributed by atoms with E-state index in [4.69, 9.17) is 5.73 Å². The Bertz CT molecular complexity index is 435. The molecule has 0 saturated heterocycles. The van der Waals surface area contributed by atoms with Gasteiger partial charge in [0.05, 0.1) is 5.69 Å². The van der Waals surface area contributed by atoms with Gasteiger partial charge in [-0.1, -0.05) is 0 Å². The topological polar surface area (TPSA) is 56.2 Å². The molecule has 2 heterocycles. The predicted molar refractivity (Wildman–Crippen MR) is 53.3 cm³/mol. The maximum absolute atomic E-state index is 5.81. The molecule has 0 radical (unpaired) electrons. The van der Waals surface area contributed by atoms with Crippen molar-refractivity contribution < 1.29 is 0 Å². The molecule has 68 valence electrons. The second kappa shape index (κ2) is 3.08. The molecule has 0 spiro atoms. The van der Waals surface area contributed by atoms with Crippen molar-refractivity contribution in [3.8, 4) is 0 Å². The Morgan fingerprint density at radius 3 is 3.08 bits per heavy atom. The molecule has 4 nitrogen and oxygen atoms in total. The minimum atomic E-state index is -0.0615. The summed E-state index contributed by atoms with van der Waals surface area (Å²) in [5.74, 6) is 0.668. The average molecular weight is 241 g/mol. The molecule has 1 atom stereocenters. The molecule has 2 rings (SSSR count). The van der Waals surface area contributed by atoms with Crippen LogP contribution in [-0.4, -0.2) is 14.4 Å². The van der Waals surface area contributed by atoms with Crippen LogP contribution in [0.2, 0.25) is 0 Å². The van der Waals surface area contributed by atoms with Gasteiger partial charge in [0.2, 0.25) is 5.78 Å². The van der Waals surface area contributed by atoms with E-state index in [1.54, 1.807) is 6.20 Å². The molecule has 0 fully saturated rings. The largest absolute Gasteiger partial charge is 0.323 e. The van der Waals surface area contributed by atoms with E-state index < -0.39 is 0 Å². The normalized spacial score (nSPS) is 13.5. The Hall–Kier alpha value is -0.940. The van der Waals surface area contributed by atoms with Crippen molar-refractivity contribution in [1.82, 2.24) is 14.4 Å². The van der Waals surface area contributed by atoms with E-state index in [9.17, 15) is 0 Å². The molecule has 5 heteroatoms. The number of hydrogen-bond donors (Lipinski definition) is 1. The quantitative estimate of drug-likeness (QED) is 0.823. The zero-order valence-electron chi connectivity index (χ0n) is 7.11. The Kier molecular flexibility index (Phi) is 2.05. The van der Waals surface area contributed by atoms with Gasteiger partial charge in [-0.3, -0.25) is 4.40 Å². The molecular weight excluding hydrogens is 232 g/mol. The van der Waals surface area contributed by atoms with Crippen LogP contribution in [0.1, 0.15) is 18.7 Å². The van der Waals surface area contributed by atoms with Crippen LogP contribution in [0.3, 0.4) is 0 Å². The van der Waals surface area contributed by atoms with Crippen LogP contribution in [0.25, 0.3) is 5.78 Å². The first-order chi connectivity index (χ1) is 6.20. The Labute approximate surface area is 83.9 Å². The number of halogens is 1. The highest BCUT2D eigenvalue weighted by atomic mass is 79.9. The number of rotatable bonds is 1. The van der Waals surface area contributed by atoms with Crippen LogP contribution >= 0.6 is 15.9 Å². The van der Waals surface area contributed by atoms with Crippen molar-refractivity contribution in [2.24, 2.45) is 5.73 Å². The van der Waals surface area contributed by atoms with Crippen molar-refractivity contribution in [2.45, 2.75) is 13.0 Å². The summed E-state index contributed by atoms with van der Waals surface area (Å²) in [6.07, 6.45) is 3.61. The van der Waals surface area contributed by atoms with Gasteiger partial charge < -0.3 is 5.73 Å². The first-order valence-corrected chi connectivity index (χ1v) is 4.73. The molecule has 0 aliphatic carbocycles. The van der Waals surface area contributed by atoms with Gasteiger partial charge in [-0.15, -0.1) is 0 Å². The van der Waals surface area contributed by atoms with E-state index in [0.717, 1.165) is 10.3 Å². The van der Waals surface area contributed by atoms with Crippen molar-refractivity contribution in [1.29, 1.82) is 0 Å². The van der Waals surface area contributed by atoms with E-state index in [0.29, 0.717) is 5.78 Å². The lowest BCUT2D eigenvalue weighted by Gasteiger charge is -2.04. The summed E-state index contributed by atoms with van der Waals surface area (Å²) in [5, 5.41) is 0. The fraction of sp³-hybridized carbons (Fsp3) is 0.250. The van der Waals surface area contributed by atoms with Gasteiger partial charge in [0.15, 0.2) is 0 Å². The number of aromatic nitrogens is 3. The van der Waals surface area contributed by atoms with Gasteiger partial charge in [0, 0.05) is 18.4 Å². The van der Waals surface area contributed by atoms with Gasteiger partial charge in [0.1, 0.15) is 4.60 Å². The maximum atomic E-state index is 5.81. The maximum Gasteiger partial charge on any atom is 0.235 e. The number of nitrogens with two attached hydrogens (primary N) is 1. The second-order valence-electron chi connectivity index (χ2n) is 2.87. The van der Waals surface area contributed by atoms with E-state index in [1.807, 2.05) is 23.6 Å². The lowest BCUT2D eigenvalue weighted by molar-refractivity contribution is 0.762. The first kappa shape index (κ1) is 8.65. The molecule has 0 aromatic carbocycles. The van der Waals surface area contributed by atoms with E-state index >= 15 is 0 Å². The van der Waals surface area contributed by atoms with Gasteiger partial charge in [-0.05, 0) is 28.9 Å². The van der Waals surface area contributed by atoms with Crippen LogP contribution < -0.4 is 5.73 Å². The first-order valence-electron chi connectivity index (χ1n) is 3.94. The van der Waals surface area contributed by atoms with Crippen LogP contribution in [0, 0.1) is 0 Å². The fourth-order valence-corrected chi connectivity index (χ4v) is 2.00. The third kappa shape index (κ3) is 1.34. The lowest BCUT2D eigenvalue weighted by Crippen LogP contribution is -2.08. The van der Waals surface area contributed by atoms with E-state index in [-0.39, 0.29) is 6.04 Å². The molecular formula is C8H9BrN4.